The monoisotopic (exact) mass is 281 g/mol. The van der Waals surface area contributed by atoms with Gasteiger partial charge in [0.1, 0.15) is 0 Å². The second-order valence-electron chi connectivity index (χ2n) is 5.80. The SMILES string of the molecule is CCCNC(=O)CC(c1ccc(C(C)C)s1)C(C)C. The summed E-state index contributed by atoms with van der Waals surface area (Å²) in [6.45, 7) is 11.7. The molecule has 0 radical (unpaired) electrons. The molecule has 1 rings (SSSR count). The highest BCUT2D eigenvalue weighted by Gasteiger charge is 2.21. The Morgan fingerprint density at radius 1 is 1.21 bits per heavy atom. The molecule has 0 aliphatic carbocycles. The van der Waals surface area contributed by atoms with Crippen LogP contribution in [0.4, 0.5) is 0 Å². The van der Waals surface area contributed by atoms with Gasteiger partial charge in [0.2, 0.25) is 5.91 Å². The van der Waals surface area contributed by atoms with Crippen LogP contribution in [0.3, 0.4) is 0 Å². The second kappa shape index (κ2) is 7.68. The largest absolute Gasteiger partial charge is 0.356 e. The Balaban J connectivity index is 2.73. The summed E-state index contributed by atoms with van der Waals surface area (Å²) >= 11 is 1.86. The van der Waals surface area contributed by atoms with Gasteiger partial charge in [-0.1, -0.05) is 34.6 Å². The molecule has 1 heterocycles. The molecule has 1 unspecified atom stereocenters. The standard InChI is InChI=1S/C16H27NOS/c1-6-9-17-16(18)10-13(11(2)3)15-8-7-14(19-15)12(4)5/h7-8,11-13H,6,9-10H2,1-5H3,(H,17,18). The van der Waals surface area contributed by atoms with Gasteiger partial charge in [-0.2, -0.15) is 0 Å². The van der Waals surface area contributed by atoms with Gasteiger partial charge in [0.25, 0.3) is 0 Å². The first-order chi connectivity index (χ1) is 8.95. The molecule has 1 amide bonds. The van der Waals surface area contributed by atoms with Crippen LogP contribution in [0.5, 0.6) is 0 Å². The summed E-state index contributed by atoms with van der Waals surface area (Å²) < 4.78 is 0. The maximum atomic E-state index is 11.9. The predicted octanol–water partition coefficient (Wildman–Crippen LogP) is 4.53. The molecule has 0 spiro atoms. The normalized spacial score (nSPS) is 13.0. The lowest BCUT2D eigenvalue weighted by Crippen LogP contribution is -2.26. The molecule has 1 aromatic rings. The summed E-state index contributed by atoms with van der Waals surface area (Å²) in [5.41, 5.74) is 0. The van der Waals surface area contributed by atoms with Gasteiger partial charge in [-0.25, -0.2) is 0 Å². The van der Waals surface area contributed by atoms with Crippen molar-refractivity contribution in [2.75, 3.05) is 6.54 Å². The molecule has 3 heteroatoms. The van der Waals surface area contributed by atoms with Crippen LogP contribution >= 0.6 is 11.3 Å². The fourth-order valence-corrected chi connectivity index (χ4v) is 3.37. The first-order valence-electron chi connectivity index (χ1n) is 7.32. The Bertz CT molecular complexity index is 395. The Kier molecular flexibility index (Phi) is 6.56. The van der Waals surface area contributed by atoms with E-state index in [9.17, 15) is 4.79 Å². The summed E-state index contributed by atoms with van der Waals surface area (Å²) in [4.78, 5) is 14.7. The van der Waals surface area contributed by atoms with Crippen LogP contribution in [0, 0.1) is 5.92 Å². The van der Waals surface area contributed by atoms with Gasteiger partial charge < -0.3 is 5.32 Å². The molecule has 0 aliphatic rings. The maximum absolute atomic E-state index is 11.9. The van der Waals surface area contributed by atoms with Gasteiger partial charge in [0.15, 0.2) is 0 Å². The zero-order chi connectivity index (χ0) is 14.4. The van der Waals surface area contributed by atoms with Crippen molar-refractivity contribution in [3.63, 3.8) is 0 Å². The zero-order valence-electron chi connectivity index (χ0n) is 12.8. The number of thiophene rings is 1. The van der Waals surface area contributed by atoms with E-state index in [1.54, 1.807) is 0 Å². The Morgan fingerprint density at radius 2 is 1.84 bits per heavy atom. The van der Waals surface area contributed by atoms with Gasteiger partial charge in [-0.15, -0.1) is 11.3 Å². The van der Waals surface area contributed by atoms with E-state index < -0.39 is 0 Å². The summed E-state index contributed by atoms with van der Waals surface area (Å²) in [6, 6.07) is 4.42. The summed E-state index contributed by atoms with van der Waals surface area (Å²) in [6.07, 6.45) is 1.60. The number of hydrogen-bond acceptors (Lipinski definition) is 2. The third kappa shape index (κ3) is 4.98. The second-order valence-corrected chi connectivity index (χ2v) is 6.95. The van der Waals surface area contributed by atoms with E-state index in [2.05, 4.69) is 52.1 Å². The van der Waals surface area contributed by atoms with E-state index in [0.29, 0.717) is 24.2 Å². The molecular weight excluding hydrogens is 254 g/mol. The lowest BCUT2D eigenvalue weighted by Gasteiger charge is -2.19. The summed E-state index contributed by atoms with van der Waals surface area (Å²) in [5.74, 6) is 1.58. The minimum absolute atomic E-state index is 0.181. The average molecular weight is 281 g/mol. The van der Waals surface area contributed by atoms with Crippen LogP contribution in [0.1, 0.15) is 69.1 Å². The third-order valence-electron chi connectivity index (χ3n) is 3.36. The van der Waals surface area contributed by atoms with E-state index in [1.165, 1.54) is 9.75 Å². The predicted molar refractivity (Wildman–Crippen MR) is 83.9 cm³/mol. The van der Waals surface area contributed by atoms with Crippen LogP contribution in [0.2, 0.25) is 0 Å². The van der Waals surface area contributed by atoms with Gasteiger partial charge in [0.05, 0.1) is 0 Å². The number of amides is 1. The van der Waals surface area contributed by atoms with Gasteiger partial charge in [-0.3, -0.25) is 4.79 Å². The highest BCUT2D eigenvalue weighted by molar-refractivity contribution is 7.12. The van der Waals surface area contributed by atoms with Crippen molar-refractivity contribution in [1.29, 1.82) is 0 Å². The van der Waals surface area contributed by atoms with Crippen LogP contribution in [0.15, 0.2) is 12.1 Å². The van der Waals surface area contributed by atoms with Crippen molar-refractivity contribution in [3.05, 3.63) is 21.9 Å². The van der Waals surface area contributed by atoms with Crippen LogP contribution in [-0.2, 0) is 4.79 Å². The van der Waals surface area contributed by atoms with Gasteiger partial charge in [-0.05, 0) is 30.4 Å². The van der Waals surface area contributed by atoms with E-state index in [4.69, 9.17) is 0 Å². The van der Waals surface area contributed by atoms with E-state index >= 15 is 0 Å². The molecule has 108 valence electrons. The highest BCUT2D eigenvalue weighted by Crippen LogP contribution is 2.35. The molecule has 2 nitrogen and oxygen atoms in total. The molecule has 0 aromatic carbocycles. The quantitative estimate of drug-likeness (QED) is 0.782. The zero-order valence-corrected chi connectivity index (χ0v) is 13.6. The topological polar surface area (TPSA) is 29.1 Å². The van der Waals surface area contributed by atoms with Crippen molar-refractivity contribution in [3.8, 4) is 0 Å². The maximum Gasteiger partial charge on any atom is 0.220 e. The smallest absolute Gasteiger partial charge is 0.220 e. The third-order valence-corrected chi connectivity index (χ3v) is 4.88. The molecule has 0 fully saturated rings. The molecule has 0 saturated heterocycles. The average Bonchev–Trinajstić information content (AvgIpc) is 2.82. The number of carbonyl (C=O) groups is 1. The first kappa shape index (κ1) is 16.2. The fraction of sp³-hybridized carbons (Fsp3) is 0.688. The fourth-order valence-electron chi connectivity index (χ4n) is 2.08. The summed E-state index contributed by atoms with van der Waals surface area (Å²) in [7, 11) is 0. The van der Waals surface area contributed by atoms with E-state index in [-0.39, 0.29) is 5.91 Å². The lowest BCUT2D eigenvalue weighted by molar-refractivity contribution is -0.121. The van der Waals surface area contributed by atoms with E-state index in [1.807, 2.05) is 11.3 Å². The Labute approximate surface area is 121 Å². The minimum Gasteiger partial charge on any atom is -0.356 e. The molecule has 0 saturated carbocycles. The van der Waals surface area contributed by atoms with Crippen LogP contribution in [0.25, 0.3) is 0 Å². The summed E-state index contributed by atoms with van der Waals surface area (Å²) in [5, 5.41) is 2.98. The Morgan fingerprint density at radius 3 is 2.32 bits per heavy atom. The van der Waals surface area contributed by atoms with Gasteiger partial charge >= 0.3 is 0 Å². The molecule has 0 aliphatic heterocycles. The van der Waals surface area contributed by atoms with Crippen LogP contribution in [-0.4, -0.2) is 12.5 Å². The molecule has 1 aromatic heterocycles. The molecule has 1 N–H and O–H groups in total. The Hall–Kier alpha value is -0.830. The number of rotatable bonds is 7. The first-order valence-corrected chi connectivity index (χ1v) is 8.13. The number of hydrogen-bond donors (Lipinski definition) is 1. The minimum atomic E-state index is 0.181. The van der Waals surface area contributed by atoms with Crippen molar-refractivity contribution in [2.24, 2.45) is 5.92 Å². The van der Waals surface area contributed by atoms with Crippen LogP contribution < -0.4 is 5.32 Å². The molecule has 1 atom stereocenters. The van der Waals surface area contributed by atoms with Crippen molar-refractivity contribution in [1.82, 2.24) is 5.32 Å². The number of carbonyl (C=O) groups excluding carboxylic acids is 1. The van der Waals surface area contributed by atoms with Gasteiger partial charge in [0, 0.05) is 28.6 Å². The van der Waals surface area contributed by atoms with Crippen molar-refractivity contribution >= 4 is 17.2 Å². The highest BCUT2D eigenvalue weighted by atomic mass is 32.1. The van der Waals surface area contributed by atoms with Crippen molar-refractivity contribution in [2.45, 2.75) is 59.3 Å². The molecule has 19 heavy (non-hydrogen) atoms. The van der Waals surface area contributed by atoms with Crippen molar-refractivity contribution < 1.29 is 4.79 Å². The number of nitrogens with one attached hydrogen (secondary N) is 1. The lowest BCUT2D eigenvalue weighted by atomic mass is 9.90. The molecule has 0 bridgehead atoms. The van der Waals surface area contributed by atoms with E-state index in [0.717, 1.165) is 13.0 Å². The molecular formula is C16H27NOS.